The minimum Gasteiger partial charge on any atom is -0.380 e. The predicted molar refractivity (Wildman–Crippen MR) is 78.1 cm³/mol. The summed E-state index contributed by atoms with van der Waals surface area (Å²) in [6.07, 6.45) is 0. The summed E-state index contributed by atoms with van der Waals surface area (Å²) < 4.78 is 32.4. The average molecular weight is 306 g/mol. The molecule has 0 spiro atoms. The third kappa shape index (κ3) is 4.85. The number of rotatable bonds is 8. The van der Waals surface area contributed by atoms with Crippen LogP contribution in [0.15, 0.2) is 11.0 Å². The Balaban J connectivity index is 2.82. The van der Waals surface area contributed by atoms with Gasteiger partial charge in [0.05, 0.1) is 11.5 Å². The second kappa shape index (κ2) is 7.35. The molecule has 1 aromatic rings. The van der Waals surface area contributed by atoms with Crippen LogP contribution in [-0.4, -0.2) is 34.7 Å². The molecule has 2 N–H and O–H groups in total. The van der Waals surface area contributed by atoms with Crippen LogP contribution in [0.1, 0.15) is 23.6 Å². The summed E-state index contributed by atoms with van der Waals surface area (Å²) in [6, 6.07) is 1.49. The van der Waals surface area contributed by atoms with Crippen LogP contribution in [0, 0.1) is 6.92 Å². The summed E-state index contributed by atoms with van der Waals surface area (Å²) in [5, 5.41) is 3.02. The first-order valence-electron chi connectivity index (χ1n) is 6.24. The van der Waals surface area contributed by atoms with E-state index in [0.29, 0.717) is 24.7 Å². The zero-order chi connectivity index (χ0) is 14.5. The van der Waals surface area contributed by atoms with Crippen molar-refractivity contribution in [3.05, 3.63) is 15.8 Å². The summed E-state index contributed by atoms with van der Waals surface area (Å²) in [7, 11) is -1.63. The average Bonchev–Trinajstić information content (AvgIpc) is 2.68. The van der Waals surface area contributed by atoms with Gasteiger partial charge in [0.25, 0.3) is 0 Å². The van der Waals surface area contributed by atoms with E-state index >= 15 is 0 Å². The highest BCUT2D eigenvalue weighted by molar-refractivity contribution is 7.89. The number of aryl methyl sites for hydroxylation is 1. The van der Waals surface area contributed by atoms with E-state index in [0.717, 1.165) is 9.75 Å². The number of nitrogens with one attached hydrogen (secondary N) is 2. The largest absolute Gasteiger partial charge is 0.380 e. The fourth-order valence-electron chi connectivity index (χ4n) is 1.71. The van der Waals surface area contributed by atoms with Gasteiger partial charge in [0.2, 0.25) is 10.0 Å². The highest BCUT2D eigenvalue weighted by Gasteiger charge is 2.21. The molecular formula is C12H22N2O3S2. The van der Waals surface area contributed by atoms with Crippen LogP contribution in [0.2, 0.25) is 0 Å². The molecular weight excluding hydrogens is 284 g/mol. The molecule has 0 aliphatic rings. The van der Waals surface area contributed by atoms with Gasteiger partial charge in [-0.15, -0.1) is 11.3 Å². The van der Waals surface area contributed by atoms with Gasteiger partial charge in [-0.3, -0.25) is 0 Å². The molecule has 7 heteroatoms. The number of sulfonamides is 1. The molecule has 1 atom stereocenters. The van der Waals surface area contributed by atoms with E-state index in [9.17, 15) is 8.42 Å². The van der Waals surface area contributed by atoms with Gasteiger partial charge < -0.3 is 10.1 Å². The molecule has 1 aromatic heterocycles. The topological polar surface area (TPSA) is 67.4 Å². The van der Waals surface area contributed by atoms with Crippen LogP contribution in [-0.2, 0) is 21.3 Å². The van der Waals surface area contributed by atoms with E-state index in [4.69, 9.17) is 4.74 Å². The zero-order valence-electron chi connectivity index (χ0n) is 11.8. The van der Waals surface area contributed by atoms with Crippen molar-refractivity contribution >= 4 is 21.4 Å². The van der Waals surface area contributed by atoms with Crippen molar-refractivity contribution in [2.45, 2.75) is 38.3 Å². The Morgan fingerprint density at radius 2 is 2.16 bits per heavy atom. The first kappa shape index (κ1) is 16.6. The van der Waals surface area contributed by atoms with Crippen LogP contribution in [0.3, 0.4) is 0 Å². The maximum absolute atomic E-state index is 12.3. The van der Waals surface area contributed by atoms with Crippen LogP contribution < -0.4 is 10.0 Å². The molecule has 0 amide bonds. The lowest BCUT2D eigenvalue weighted by molar-refractivity contribution is 0.133. The molecule has 1 unspecified atom stereocenters. The summed E-state index contributed by atoms with van der Waals surface area (Å²) in [5.41, 5.74) is 0. The molecule has 0 aliphatic carbocycles. The quantitative estimate of drug-likeness (QED) is 0.763. The minimum atomic E-state index is -3.47. The summed E-state index contributed by atoms with van der Waals surface area (Å²) in [6.45, 7) is 7.14. The molecule has 0 radical (unpaired) electrons. The van der Waals surface area contributed by atoms with Crippen molar-refractivity contribution < 1.29 is 13.2 Å². The molecule has 5 nitrogen and oxygen atoms in total. The first-order valence-corrected chi connectivity index (χ1v) is 8.54. The minimum absolute atomic E-state index is 0.239. The van der Waals surface area contributed by atoms with Crippen LogP contribution >= 0.6 is 11.3 Å². The highest BCUT2D eigenvalue weighted by atomic mass is 32.2. The normalized spacial score (nSPS) is 13.7. The number of hydrogen-bond donors (Lipinski definition) is 2. The molecule has 0 fully saturated rings. The Labute approximate surface area is 119 Å². The lowest BCUT2D eigenvalue weighted by Gasteiger charge is -2.13. The number of ether oxygens (including phenoxy) is 1. The Hall–Kier alpha value is -0.470. The van der Waals surface area contributed by atoms with Gasteiger partial charge in [-0.2, -0.15) is 0 Å². The smallest absolute Gasteiger partial charge is 0.241 e. The van der Waals surface area contributed by atoms with Crippen molar-refractivity contribution in [2.24, 2.45) is 0 Å². The van der Waals surface area contributed by atoms with Gasteiger partial charge in [-0.1, -0.05) is 0 Å². The Morgan fingerprint density at radius 3 is 2.74 bits per heavy atom. The van der Waals surface area contributed by atoms with Crippen molar-refractivity contribution in [1.29, 1.82) is 0 Å². The van der Waals surface area contributed by atoms with E-state index in [1.54, 1.807) is 13.0 Å². The van der Waals surface area contributed by atoms with Gasteiger partial charge in [-0.05, 0) is 33.9 Å². The Morgan fingerprint density at radius 1 is 1.47 bits per heavy atom. The summed E-state index contributed by atoms with van der Waals surface area (Å²) >= 11 is 1.50. The van der Waals surface area contributed by atoms with Gasteiger partial charge in [0.15, 0.2) is 0 Å². The third-order valence-electron chi connectivity index (χ3n) is 2.49. The second-order valence-electron chi connectivity index (χ2n) is 4.35. The van der Waals surface area contributed by atoms with Crippen LogP contribution in [0.4, 0.5) is 0 Å². The van der Waals surface area contributed by atoms with E-state index in [-0.39, 0.29) is 6.04 Å². The maximum atomic E-state index is 12.3. The van der Waals surface area contributed by atoms with Crippen molar-refractivity contribution in [2.75, 3.05) is 20.3 Å². The van der Waals surface area contributed by atoms with E-state index in [1.165, 1.54) is 11.3 Å². The van der Waals surface area contributed by atoms with E-state index in [1.807, 2.05) is 20.9 Å². The van der Waals surface area contributed by atoms with Crippen molar-refractivity contribution in [3.63, 3.8) is 0 Å². The van der Waals surface area contributed by atoms with E-state index in [2.05, 4.69) is 10.0 Å². The number of hydrogen-bond acceptors (Lipinski definition) is 5. The molecule has 110 valence electrons. The van der Waals surface area contributed by atoms with Crippen molar-refractivity contribution in [1.82, 2.24) is 10.0 Å². The van der Waals surface area contributed by atoms with Crippen LogP contribution in [0.25, 0.3) is 0 Å². The zero-order valence-corrected chi connectivity index (χ0v) is 13.5. The van der Waals surface area contributed by atoms with Gasteiger partial charge in [-0.25, -0.2) is 13.1 Å². The third-order valence-corrected chi connectivity index (χ3v) is 5.39. The Bertz CT molecular complexity index is 497. The monoisotopic (exact) mass is 306 g/mol. The molecule has 0 bridgehead atoms. The van der Waals surface area contributed by atoms with Gasteiger partial charge in [0.1, 0.15) is 0 Å². The molecule has 19 heavy (non-hydrogen) atoms. The molecule has 0 aliphatic heterocycles. The fraction of sp³-hybridized carbons (Fsp3) is 0.667. The van der Waals surface area contributed by atoms with E-state index < -0.39 is 10.0 Å². The second-order valence-corrected chi connectivity index (χ2v) is 7.37. The molecule has 0 aromatic carbocycles. The molecule has 0 saturated heterocycles. The van der Waals surface area contributed by atoms with Gasteiger partial charge >= 0.3 is 0 Å². The van der Waals surface area contributed by atoms with Crippen LogP contribution in [0.5, 0.6) is 0 Å². The highest BCUT2D eigenvalue weighted by Crippen LogP contribution is 2.25. The SMILES string of the molecule is CCOCC(C)NS(=O)(=O)c1cc(CNC)sc1C. The molecule has 1 rings (SSSR count). The summed E-state index contributed by atoms with van der Waals surface area (Å²) in [4.78, 5) is 2.19. The number of thiophene rings is 1. The molecule has 0 saturated carbocycles. The van der Waals surface area contributed by atoms with Gasteiger partial charge in [0, 0.05) is 28.9 Å². The standard InChI is InChI=1S/C12H22N2O3S2/c1-5-17-8-9(2)14-19(15,16)12-6-11(7-13-4)18-10(12)3/h6,9,13-14H,5,7-8H2,1-4H3. The maximum Gasteiger partial charge on any atom is 0.241 e. The van der Waals surface area contributed by atoms with Crippen molar-refractivity contribution in [3.8, 4) is 0 Å². The summed E-state index contributed by atoms with van der Waals surface area (Å²) in [5.74, 6) is 0. The Kier molecular flexibility index (Phi) is 6.41. The first-order chi connectivity index (χ1) is 8.90. The fourth-order valence-corrected chi connectivity index (χ4v) is 4.58. The lowest BCUT2D eigenvalue weighted by Crippen LogP contribution is -2.36. The lowest BCUT2D eigenvalue weighted by atomic mass is 10.4. The molecule has 1 heterocycles. The predicted octanol–water partition coefficient (Wildman–Crippen LogP) is 1.48.